The summed E-state index contributed by atoms with van der Waals surface area (Å²) in [6, 6.07) is 11.0. The SMILES string of the molecule is CCCCN(CCCC)CC(C)(CNC)c1ccccc1. The topological polar surface area (TPSA) is 15.3 Å². The van der Waals surface area contributed by atoms with Gasteiger partial charge in [-0.15, -0.1) is 0 Å². The third-order valence-electron chi connectivity index (χ3n) is 4.27. The van der Waals surface area contributed by atoms with E-state index >= 15 is 0 Å². The van der Waals surface area contributed by atoms with Crippen molar-refractivity contribution < 1.29 is 0 Å². The molecule has 0 bridgehead atoms. The number of unbranched alkanes of at least 4 members (excludes halogenated alkanes) is 2. The van der Waals surface area contributed by atoms with Gasteiger partial charge in [0.1, 0.15) is 0 Å². The normalized spacial score (nSPS) is 14.3. The first-order chi connectivity index (χ1) is 10.2. The molecule has 120 valence electrons. The van der Waals surface area contributed by atoms with Crippen molar-refractivity contribution in [2.45, 2.75) is 51.9 Å². The van der Waals surface area contributed by atoms with Gasteiger partial charge in [0.15, 0.2) is 0 Å². The average molecular weight is 290 g/mol. The predicted molar refractivity (Wildman–Crippen MR) is 94.0 cm³/mol. The fourth-order valence-corrected chi connectivity index (χ4v) is 3.01. The van der Waals surface area contributed by atoms with Crippen molar-refractivity contribution in [3.8, 4) is 0 Å². The molecule has 1 aromatic rings. The van der Waals surface area contributed by atoms with E-state index in [4.69, 9.17) is 0 Å². The average Bonchev–Trinajstić information content (AvgIpc) is 2.51. The van der Waals surface area contributed by atoms with Crippen molar-refractivity contribution in [2.24, 2.45) is 0 Å². The zero-order valence-electron chi connectivity index (χ0n) is 14.5. The number of nitrogens with one attached hydrogen (secondary N) is 1. The first-order valence-corrected chi connectivity index (χ1v) is 8.58. The molecule has 0 aliphatic heterocycles. The third kappa shape index (κ3) is 6.19. The van der Waals surface area contributed by atoms with Crippen molar-refractivity contribution >= 4 is 0 Å². The number of rotatable bonds is 11. The summed E-state index contributed by atoms with van der Waals surface area (Å²) in [4.78, 5) is 2.66. The van der Waals surface area contributed by atoms with Crippen LogP contribution in [0.3, 0.4) is 0 Å². The number of benzene rings is 1. The highest BCUT2D eigenvalue weighted by atomic mass is 15.1. The second kappa shape index (κ2) is 9.97. The van der Waals surface area contributed by atoms with E-state index in [0.29, 0.717) is 0 Å². The van der Waals surface area contributed by atoms with Gasteiger partial charge in [-0.1, -0.05) is 63.9 Å². The van der Waals surface area contributed by atoms with E-state index < -0.39 is 0 Å². The van der Waals surface area contributed by atoms with Crippen LogP contribution in [0.5, 0.6) is 0 Å². The zero-order valence-corrected chi connectivity index (χ0v) is 14.5. The Hall–Kier alpha value is -0.860. The lowest BCUT2D eigenvalue weighted by Gasteiger charge is -2.36. The summed E-state index contributed by atoms with van der Waals surface area (Å²) in [5.74, 6) is 0. The molecular formula is C19H34N2. The Morgan fingerprint density at radius 1 is 1.00 bits per heavy atom. The molecule has 0 spiro atoms. The van der Waals surface area contributed by atoms with Crippen LogP contribution in [0, 0.1) is 0 Å². The van der Waals surface area contributed by atoms with Crippen LogP contribution in [0.25, 0.3) is 0 Å². The van der Waals surface area contributed by atoms with Crippen LogP contribution in [0.2, 0.25) is 0 Å². The first-order valence-electron chi connectivity index (χ1n) is 8.58. The number of hydrogen-bond donors (Lipinski definition) is 1. The Morgan fingerprint density at radius 3 is 2.05 bits per heavy atom. The molecule has 0 heterocycles. The molecule has 0 amide bonds. The Bertz CT molecular complexity index is 355. The Balaban J connectivity index is 2.81. The second-order valence-corrected chi connectivity index (χ2v) is 6.44. The highest BCUT2D eigenvalue weighted by molar-refractivity contribution is 5.25. The summed E-state index contributed by atoms with van der Waals surface area (Å²) < 4.78 is 0. The number of nitrogens with zero attached hydrogens (tertiary/aromatic N) is 1. The van der Waals surface area contributed by atoms with Gasteiger partial charge in [0.05, 0.1) is 0 Å². The van der Waals surface area contributed by atoms with Crippen LogP contribution in [0.15, 0.2) is 30.3 Å². The molecule has 0 aliphatic carbocycles. The molecule has 0 saturated carbocycles. The lowest BCUT2D eigenvalue weighted by Crippen LogP contribution is -2.45. The molecule has 1 unspecified atom stereocenters. The van der Waals surface area contributed by atoms with E-state index in [0.717, 1.165) is 13.1 Å². The summed E-state index contributed by atoms with van der Waals surface area (Å²) in [7, 11) is 2.06. The summed E-state index contributed by atoms with van der Waals surface area (Å²) in [6.45, 7) is 11.6. The molecule has 21 heavy (non-hydrogen) atoms. The van der Waals surface area contributed by atoms with Gasteiger partial charge in [-0.3, -0.25) is 0 Å². The van der Waals surface area contributed by atoms with Gasteiger partial charge >= 0.3 is 0 Å². The summed E-state index contributed by atoms with van der Waals surface area (Å²) >= 11 is 0. The molecule has 2 heteroatoms. The monoisotopic (exact) mass is 290 g/mol. The van der Waals surface area contributed by atoms with Crippen LogP contribution >= 0.6 is 0 Å². The largest absolute Gasteiger partial charge is 0.319 e. The van der Waals surface area contributed by atoms with E-state index in [9.17, 15) is 0 Å². The van der Waals surface area contributed by atoms with Gasteiger partial charge in [-0.25, -0.2) is 0 Å². The first kappa shape index (κ1) is 18.2. The van der Waals surface area contributed by atoms with E-state index in [1.165, 1.54) is 44.3 Å². The van der Waals surface area contributed by atoms with Crippen molar-refractivity contribution in [3.05, 3.63) is 35.9 Å². The van der Waals surface area contributed by atoms with Crippen LogP contribution < -0.4 is 5.32 Å². The van der Waals surface area contributed by atoms with Crippen LogP contribution in [0.4, 0.5) is 0 Å². The minimum atomic E-state index is 0.178. The molecule has 0 aromatic heterocycles. The highest BCUT2D eigenvalue weighted by Crippen LogP contribution is 2.24. The molecule has 1 N–H and O–H groups in total. The Kier molecular flexibility index (Phi) is 8.63. The summed E-state index contributed by atoms with van der Waals surface area (Å²) in [5.41, 5.74) is 1.62. The molecule has 0 fully saturated rings. The second-order valence-electron chi connectivity index (χ2n) is 6.44. The van der Waals surface area contributed by atoms with E-state index in [2.05, 4.69) is 68.4 Å². The summed E-state index contributed by atoms with van der Waals surface area (Å²) in [6.07, 6.45) is 5.15. The molecule has 0 aliphatic rings. The smallest absolute Gasteiger partial charge is 0.0176 e. The van der Waals surface area contributed by atoms with Gasteiger partial charge in [0.2, 0.25) is 0 Å². The van der Waals surface area contributed by atoms with Gasteiger partial charge in [0, 0.05) is 18.5 Å². The van der Waals surface area contributed by atoms with E-state index in [-0.39, 0.29) is 5.41 Å². The molecule has 2 nitrogen and oxygen atoms in total. The van der Waals surface area contributed by atoms with Crippen molar-refractivity contribution in [2.75, 3.05) is 33.2 Å². The minimum absolute atomic E-state index is 0.178. The maximum atomic E-state index is 3.40. The highest BCUT2D eigenvalue weighted by Gasteiger charge is 2.28. The molecule has 1 rings (SSSR count). The maximum Gasteiger partial charge on any atom is 0.0176 e. The minimum Gasteiger partial charge on any atom is -0.319 e. The zero-order chi connectivity index (χ0) is 15.6. The van der Waals surface area contributed by atoms with Gasteiger partial charge in [-0.05, 0) is 38.5 Å². The van der Waals surface area contributed by atoms with Crippen molar-refractivity contribution in [3.63, 3.8) is 0 Å². The number of likely N-dealkylation sites (N-methyl/N-ethyl adjacent to an activating group) is 1. The Labute approximate surface area is 131 Å². The summed E-state index contributed by atoms with van der Waals surface area (Å²) in [5, 5.41) is 3.40. The van der Waals surface area contributed by atoms with E-state index in [1.54, 1.807) is 0 Å². The molecular weight excluding hydrogens is 256 g/mol. The van der Waals surface area contributed by atoms with Crippen molar-refractivity contribution in [1.29, 1.82) is 0 Å². The van der Waals surface area contributed by atoms with Gasteiger partial charge in [-0.2, -0.15) is 0 Å². The lowest BCUT2D eigenvalue weighted by atomic mass is 9.81. The Morgan fingerprint density at radius 2 is 1.57 bits per heavy atom. The van der Waals surface area contributed by atoms with Crippen LogP contribution in [-0.4, -0.2) is 38.1 Å². The van der Waals surface area contributed by atoms with Crippen LogP contribution in [-0.2, 0) is 5.41 Å². The van der Waals surface area contributed by atoms with Crippen molar-refractivity contribution in [1.82, 2.24) is 10.2 Å². The number of hydrogen-bond acceptors (Lipinski definition) is 2. The molecule has 0 radical (unpaired) electrons. The molecule has 1 aromatic carbocycles. The fraction of sp³-hybridized carbons (Fsp3) is 0.684. The maximum absolute atomic E-state index is 3.40. The fourth-order valence-electron chi connectivity index (χ4n) is 3.01. The van der Waals surface area contributed by atoms with Crippen LogP contribution in [0.1, 0.15) is 52.0 Å². The lowest BCUT2D eigenvalue weighted by molar-refractivity contribution is 0.207. The molecule has 0 saturated heterocycles. The van der Waals surface area contributed by atoms with E-state index in [1.807, 2.05) is 0 Å². The standard InChI is InChI=1S/C19H34N2/c1-5-7-14-21(15-8-6-2)17-19(3,16-20-4)18-12-10-9-11-13-18/h9-13,20H,5-8,14-17H2,1-4H3. The van der Waals surface area contributed by atoms with Gasteiger partial charge in [0.25, 0.3) is 0 Å². The molecule has 1 atom stereocenters. The van der Waals surface area contributed by atoms with Gasteiger partial charge < -0.3 is 10.2 Å². The predicted octanol–water partition coefficient (Wildman–Crippen LogP) is 4.07. The third-order valence-corrected chi connectivity index (χ3v) is 4.27. The quantitative estimate of drug-likeness (QED) is 0.661.